The van der Waals surface area contributed by atoms with Gasteiger partial charge >= 0.3 is 0 Å². The molecule has 3 rings (SSSR count). The number of likely N-dealkylation sites (tertiary alicyclic amines) is 1. The van der Waals surface area contributed by atoms with Gasteiger partial charge in [0.05, 0.1) is 5.52 Å². The van der Waals surface area contributed by atoms with Crippen molar-refractivity contribution in [3.05, 3.63) is 42.1 Å². The Labute approximate surface area is 105 Å². The molecule has 1 fully saturated rings. The summed E-state index contributed by atoms with van der Waals surface area (Å²) < 4.78 is 0. The summed E-state index contributed by atoms with van der Waals surface area (Å²) in [6.07, 6.45) is 2.24. The summed E-state index contributed by atoms with van der Waals surface area (Å²) in [5.74, 6) is 0.142. The minimum absolute atomic E-state index is 0.0175. The van der Waals surface area contributed by atoms with Gasteiger partial charge in [0, 0.05) is 37.1 Å². The first-order valence-corrected chi connectivity index (χ1v) is 6.09. The number of pyridine rings is 1. The molecule has 1 aromatic heterocycles. The van der Waals surface area contributed by atoms with Crippen LogP contribution in [0, 0.1) is 0 Å². The number of carbonyl (C=O) groups is 1. The number of fused-ring (bicyclic) bond motifs is 1. The first-order chi connectivity index (χ1) is 8.72. The van der Waals surface area contributed by atoms with Crippen LogP contribution in [0.5, 0.6) is 0 Å². The topological polar surface area (TPSA) is 59.2 Å². The average Bonchev–Trinajstić information content (AvgIpc) is 2.68. The Hall–Kier alpha value is -1.94. The molecule has 4 heteroatoms. The Morgan fingerprint density at radius 1 is 1.39 bits per heavy atom. The van der Waals surface area contributed by atoms with Gasteiger partial charge in [-0.15, -0.1) is 0 Å². The van der Waals surface area contributed by atoms with Crippen LogP contribution >= 0.6 is 0 Å². The molecular formula is C14H15N3O. The predicted octanol–water partition coefficient (Wildman–Crippen LogP) is 1.29. The lowest BCUT2D eigenvalue weighted by Gasteiger charge is -2.16. The van der Waals surface area contributed by atoms with Crippen molar-refractivity contribution < 1.29 is 4.79 Å². The molecule has 1 unspecified atom stereocenters. The Bertz CT molecular complexity index is 596. The molecule has 1 amide bonds. The molecular weight excluding hydrogens is 226 g/mol. The third kappa shape index (κ3) is 2.07. The lowest BCUT2D eigenvalue weighted by molar-refractivity contribution is -0.128. The molecule has 2 heterocycles. The van der Waals surface area contributed by atoms with Gasteiger partial charge in [-0.2, -0.15) is 0 Å². The van der Waals surface area contributed by atoms with Crippen LogP contribution in [0.1, 0.15) is 12.0 Å². The largest absolute Gasteiger partial charge is 0.337 e. The molecule has 18 heavy (non-hydrogen) atoms. The van der Waals surface area contributed by atoms with E-state index >= 15 is 0 Å². The van der Waals surface area contributed by atoms with E-state index in [4.69, 9.17) is 5.73 Å². The van der Waals surface area contributed by atoms with E-state index in [-0.39, 0.29) is 11.9 Å². The van der Waals surface area contributed by atoms with Gasteiger partial charge in [-0.1, -0.05) is 18.2 Å². The van der Waals surface area contributed by atoms with Crippen molar-refractivity contribution in [2.45, 2.75) is 19.0 Å². The van der Waals surface area contributed by atoms with Gasteiger partial charge in [0.25, 0.3) is 0 Å². The van der Waals surface area contributed by atoms with Crippen LogP contribution in [0.4, 0.5) is 0 Å². The van der Waals surface area contributed by atoms with Crippen molar-refractivity contribution in [3.8, 4) is 0 Å². The Morgan fingerprint density at radius 2 is 2.28 bits per heavy atom. The van der Waals surface area contributed by atoms with Gasteiger partial charge in [-0.25, -0.2) is 0 Å². The lowest BCUT2D eigenvalue weighted by atomic mass is 10.1. The molecule has 1 aromatic carbocycles. The molecule has 0 bridgehead atoms. The molecule has 0 saturated carbocycles. The SMILES string of the molecule is NC1CC(=O)N(Cc2ccc3cccnc3c2)C1. The van der Waals surface area contributed by atoms with E-state index in [0.717, 1.165) is 16.5 Å². The molecule has 1 saturated heterocycles. The zero-order chi connectivity index (χ0) is 12.5. The summed E-state index contributed by atoms with van der Waals surface area (Å²) >= 11 is 0. The molecule has 0 spiro atoms. The quantitative estimate of drug-likeness (QED) is 0.862. The molecule has 1 aliphatic rings. The van der Waals surface area contributed by atoms with Gasteiger partial charge in [0.2, 0.25) is 5.91 Å². The maximum absolute atomic E-state index is 11.7. The molecule has 2 aromatic rings. The number of aromatic nitrogens is 1. The van der Waals surface area contributed by atoms with Gasteiger partial charge in [-0.3, -0.25) is 9.78 Å². The zero-order valence-corrected chi connectivity index (χ0v) is 10.0. The molecule has 0 radical (unpaired) electrons. The molecule has 2 N–H and O–H groups in total. The standard InChI is InChI=1S/C14H15N3O/c15-12-7-14(18)17(9-12)8-10-3-4-11-2-1-5-16-13(11)6-10/h1-6,12H,7-9,15H2. The van der Waals surface area contributed by atoms with Crippen LogP contribution in [0.2, 0.25) is 0 Å². The van der Waals surface area contributed by atoms with Gasteiger partial charge in [0.1, 0.15) is 0 Å². The Morgan fingerprint density at radius 3 is 3.06 bits per heavy atom. The summed E-state index contributed by atoms with van der Waals surface area (Å²) in [4.78, 5) is 17.8. The lowest BCUT2D eigenvalue weighted by Crippen LogP contribution is -2.27. The van der Waals surface area contributed by atoms with E-state index < -0.39 is 0 Å². The van der Waals surface area contributed by atoms with Gasteiger partial charge in [0.15, 0.2) is 0 Å². The highest BCUT2D eigenvalue weighted by Crippen LogP contribution is 2.17. The fourth-order valence-electron chi connectivity index (χ4n) is 2.39. The minimum atomic E-state index is -0.0175. The van der Waals surface area contributed by atoms with Gasteiger partial charge in [-0.05, 0) is 17.7 Å². The minimum Gasteiger partial charge on any atom is -0.337 e. The van der Waals surface area contributed by atoms with E-state index in [9.17, 15) is 4.79 Å². The summed E-state index contributed by atoms with van der Waals surface area (Å²) in [6.45, 7) is 1.28. The monoisotopic (exact) mass is 241 g/mol. The molecule has 1 atom stereocenters. The highest BCUT2D eigenvalue weighted by Gasteiger charge is 2.26. The number of amides is 1. The second kappa shape index (κ2) is 4.38. The van der Waals surface area contributed by atoms with Crippen molar-refractivity contribution in [2.75, 3.05) is 6.54 Å². The summed E-state index contributed by atoms with van der Waals surface area (Å²) in [6, 6.07) is 10.1. The third-order valence-corrected chi connectivity index (χ3v) is 3.29. The number of nitrogens with zero attached hydrogens (tertiary/aromatic N) is 2. The zero-order valence-electron chi connectivity index (χ0n) is 10.0. The summed E-state index contributed by atoms with van der Waals surface area (Å²) in [5, 5.41) is 1.12. The van der Waals surface area contributed by atoms with Gasteiger partial charge < -0.3 is 10.6 Å². The number of rotatable bonds is 2. The second-order valence-corrected chi connectivity index (χ2v) is 4.77. The first-order valence-electron chi connectivity index (χ1n) is 6.09. The highest BCUT2D eigenvalue weighted by molar-refractivity contribution is 5.80. The molecule has 4 nitrogen and oxygen atoms in total. The molecule has 1 aliphatic heterocycles. The van der Waals surface area contributed by atoms with Crippen molar-refractivity contribution in [1.82, 2.24) is 9.88 Å². The van der Waals surface area contributed by atoms with Crippen molar-refractivity contribution in [2.24, 2.45) is 5.73 Å². The van der Waals surface area contributed by atoms with Crippen LogP contribution in [0.25, 0.3) is 10.9 Å². The number of hydrogen-bond donors (Lipinski definition) is 1. The van der Waals surface area contributed by atoms with Crippen LogP contribution < -0.4 is 5.73 Å². The summed E-state index contributed by atoms with van der Waals surface area (Å²) in [5.41, 5.74) is 7.85. The fraction of sp³-hybridized carbons (Fsp3) is 0.286. The third-order valence-electron chi connectivity index (χ3n) is 3.29. The van der Waals surface area contributed by atoms with Crippen LogP contribution in [-0.4, -0.2) is 28.4 Å². The normalized spacial score (nSPS) is 19.7. The molecule has 92 valence electrons. The van der Waals surface area contributed by atoms with E-state index in [1.54, 1.807) is 6.20 Å². The van der Waals surface area contributed by atoms with Crippen LogP contribution in [0.3, 0.4) is 0 Å². The average molecular weight is 241 g/mol. The Balaban J connectivity index is 1.84. The number of nitrogens with two attached hydrogens (primary N) is 1. The van der Waals surface area contributed by atoms with Crippen molar-refractivity contribution in [3.63, 3.8) is 0 Å². The predicted molar refractivity (Wildman–Crippen MR) is 69.8 cm³/mol. The second-order valence-electron chi connectivity index (χ2n) is 4.77. The van der Waals surface area contributed by atoms with Crippen molar-refractivity contribution >= 4 is 16.8 Å². The smallest absolute Gasteiger partial charge is 0.224 e. The number of hydrogen-bond acceptors (Lipinski definition) is 3. The highest BCUT2D eigenvalue weighted by atomic mass is 16.2. The summed E-state index contributed by atoms with van der Waals surface area (Å²) in [7, 11) is 0. The van der Waals surface area contributed by atoms with E-state index in [1.807, 2.05) is 35.2 Å². The Kier molecular flexibility index (Phi) is 2.72. The van der Waals surface area contributed by atoms with E-state index in [1.165, 1.54) is 0 Å². The van der Waals surface area contributed by atoms with E-state index in [0.29, 0.717) is 19.5 Å². The fourth-order valence-corrected chi connectivity index (χ4v) is 2.39. The first kappa shape index (κ1) is 11.2. The van der Waals surface area contributed by atoms with Crippen molar-refractivity contribution in [1.29, 1.82) is 0 Å². The maximum Gasteiger partial charge on any atom is 0.224 e. The maximum atomic E-state index is 11.7. The van der Waals surface area contributed by atoms with Crippen LogP contribution in [0.15, 0.2) is 36.5 Å². The van der Waals surface area contributed by atoms with Crippen LogP contribution in [-0.2, 0) is 11.3 Å². The van der Waals surface area contributed by atoms with E-state index in [2.05, 4.69) is 4.98 Å². The number of carbonyl (C=O) groups excluding carboxylic acids is 1. The molecule has 0 aliphatic carbocycles. The number of benzene rings is 1.